The van der Waals surface area contributed by atoms with E-state index in [0.29, 0.717) is 11.9 Å². The quantitative estimate of drug-likeness (QED) is 0.854. The maximum absolute atomic E-state index is 12.7. The Morgan fingerprint density at radius 3 is 3.28 bits per heavy atom. The Bertz CT molecular complexity index is 446. The number of amides is 1. The normalized spacial score (nSPS) is 27.9. The summed E-state index contributed by atoms with van der Waals surface area (Å²) < 4.78 is 0. The summed E-state index contributed by atoms with van der Waals surface area (Å²) in [6.07, 6.45) is 1.12. The zero-order chi connectivity index (χ0) is 12.5. The molecular weight excluding hydrogens is 264 g/mol. The van der Waals surface area contributed by atoms with Crippen LogP contribution in [0.2, 0.25) is 0 Å². The van der Waals surface area contributed by atoms with E-state index in [1.54, 1.807) is 11.3 Å². The molecule has 0 radical (unpaired) electrons. The molecule has 2 aliphatic heterocycles. The molecule has 1 saturated heterocycles. The minimum Gasteiger partial charge on any atom is -0.336 e. The average Bonchev–Trinajstić information content (AvgIpc) is 2.86. The Hall–Kier alpha value is -0.520. The SMILES string of the molecule is C[C@@H]1CNCCN1C(=O)C1SCCc2sccc21. The molecule has 1 aromatic heterocycles. The topological polar surface area (TPSA) is 32.3 Å². The third-order valence-electron chi connectivity index (χ3n) is 3.68. The smallest absolute Gasteiger partial charge is 0.240 e. The number of thiophene rings is 1. The van der Waals surface area contributed by atoms with Crippen molar-refractivity contribution in [3.63, 3.8) is 0 Å². The van der Waals surface area contributed by atoms with Crippen molar-refractivity contribution in [3.8, 4) is 0 Å². The van der Waals surface area contributed by atoms with Crippen LogP contribution in [-0.4, -0.2) is 42.2 Å². The van der Waals surface area contributed by atoms with Gasteiger partial charge < -0.3 is 10.2 Å². The Kier molecular flexibility index (Phi) is 3.63. The number of aryl methyl sites for hydroxylation is 1. The fourth-order valence-corrected chi connectivity index (χ4v) is 5.03. The summed E-state index contributed by atoms with van der Waals surface area (Å²) in [6.45, 7) is 4.81. The first-order chi connectivity index (χ1) is 8.77. The summed E-state index contributed by atoms with van der Waals surface area (Å²) >= 11 is 3.61. The molecule has 0 aliphatic carbocycles. The highest BCUT2D eigenvalue weighted by Crippen LogP contribution is 2.40. The Morgan fingerprint density at radius 1 is 1.56 bits per heavy atom. The van der Waals surface area contributed by atoms with Crippen molar-refractivity contribution in [2.24, 2.45) is 0 Å². The van der Waals surface area contributed by atoms with E-state index in [4.69, 9.17) is 0 Å². The van der Waals surface area contributed by atoms with Gasteiger partial charge in [0.2, 0.25) is 5.91 Å². The Labute approximate surface area is 116 Å². The van der Waals surface area contributed by atoms with Crippen molar-refractivity contribution in [2.45, 2.75) is 24.6 Å². The van der Waals surface area contributed by atoms with Crippen LogP contribution < -0.4 is 5.32 Å². The predicted molar refractivity (Wildman–Crippen MR) is 77.3 cm³/mol. The third kappa shape index (κ3) is 2.19. The van der Waals surface area contributed by atoms with E-state index in [1.165, 1.54) is 10.4 Å². The molecule has 1 fully saturated rings. The summed E-state index contributed by atoms with van der Waals surface area (Å²) in [7, 11) is 0. The van der Waals surface area contributed by atoms with E-state index in [9.17, 15) is 4.79 Å². The van der Waals surface area contributed by atoms with Gasteiger partial charge in [-0.25, -0.2) is 0 Å². The van der Waals surface area contributed by atoms with Crippen LogP contribution in [0.3, 0.4) is 0 Å². The first-order valence-corrected chi connectivity index (χ1v) is 8.39. The van der Waals surface area contributed by atoms with E-state index >= 15 is 0 Å². The summed E-state index contributed by atoms with van der Waals surface area (Å²) in [6, 6.07) is 2.46. The molecule has 1 aromatic rings. The number of thioether (sulfide) groups is 1. The molecule has 5 heteroatoms. The first-order valence-electron chi connectivity index (χ1n) is 6.46. The summed E-state index contributed by atoms with van der Waals surface area (Å²) in [4.78, 5) is 16.2. The number of hydrogen-bond acceptors (Lipinski definition) is 4. The van der Waals surface area contributed by atoms with Crippen molar-refractivity contribution in [3.05, 3.63) is 21.9 Å². The van der Waals surface area contributed by atoms with Gasteiger partial charge in [-0.1, -0.05) is 0 Å². The highest BCUT2D eigenvalue weighted by molar-refractivity contribution is 8.00. The molecule has 1 N–H and O–H groups in total. The zero-order valence-corrected chi connectivity index (χ0v) is 12.1. The van der Waals surface area contributed by atoms with Gasteiger partial charge in [-0.3, -0.25) is 4.79 Å². The van der Waals surface area contributed by atoms with Crippen LogP contribution in [-0.2, 0) is 11.2 Å². The standard InChI is InChI=1S/C13H18N2OS2/c1-9-8-14-4-5-15(9)13(16)12-10-2-6-17-11(10)3-7-18-12/h2,6,9,12,14H,3-5,7-8H2,1H3/t9-,12?/m1/s1. The molecule has 3 rings (SSSR count). The van der Waals surface area contributed by atoms with Gasteiger partial charge in [0.05, 0.1) is 0 Å². The highest BCUT2D eigenvalue weighted by Gasteiger charge is 2.33. The number of carbonyl (C=O) groups excluding carboxylic acids is 1. The number of nitrogens with zero attached hydrogens (tertiary/aromatic N) is 1. The van der Waals surface area contributed by atoms with Crippen LogP contribution in [0.25, 0.3) is 0 Å². The maximum Gasteiger partial charge on any atom is 0.240 e. The van der Waals surface area contributed by atoms with E-state index < -0.39 is 0 Å². The fraction of sp³-hybridized carbons (Fsp3) is 0.615. The molecule has 1 unspecified atom stereocenters. The van der Waals surface area contributed by atoms with E-state index in [-0.39, 0.29) is 5.25 Å². The van der Waals surface area contributed by atoms with Crippen LogP contribution >= 0.6 is 23.1 Å². The van der Waals surface area contributed by atoms with Gasteiger partial charge in [0.25, 0.3) is 0 Å². The van der Waals surface area contributed by atoms with Gasteiger partial charge in [0, 0.05) is 30.6 Å². The Balaban J connectivity index is 1.81. The molecule has 2 atom stereocenters. The lowest BCUT2D eigenvalue weighted by atomic mass is 10.1. The number of piperazine rings is 1. The lowest BCUT2D eigenvalue weighted by molar-refractivity contribution is -0.133. The molecule has 1 amide bonds. The van der Waals surface area contributed by atoms with Crippen LogP contribution in [0, 0.1) is 0 Å². The summed E-state index contributed by atoms with van der Waals surface area (Å²) in [5.41, 5.74) is 1.27. The molecule has 98 valence electrons. The molecule has 0 spiro atoms. The summed E-state index contributed by atoms with van der Waals surface area (Å²) in [5, 5.41) is 5.50. The number of carbonyl (C=O) groups is 1. The molecule has 0 saturated carbocycles. The van der Waals surface area contributed by atoms with Crippen molar-refractivity contribution >= 4 is 29.0 Å². The van der Waals surface area contributed by atoms with Gasteiger partial charge in [0.15, 0.2) is 0 Å². The van der Waals surface area contributed by atoms with Gasteiger partial charge in [-0.2, -0.15) is 0 Å². The molecule has 18 heavy (non-hydrogen) atoms. The number of fused-ring (bicyclic) bond motifs is 1. The highest BCUT2D eigenvalue weighted by atomic mass is 32.2. The second kappa shape index (κ2) is 5.23. The lowest BCUT2D eigenvalue weighted by Crippen LogP contribution is -2.53. The monoisotopic (exact) mass is 282 g/mol. The van der Waals surface area contributed by atoms with Crippen molar-refractivity contribution in [2.75, 3.05) is 25.4 Å². The second-order valence-electron chi connectivity index (χ2n) is 4.88. The Morgan fingerprint density at radius 2 is 2.44 bits per heavy atom. The number of nitrogens with one attached hydrogen (secondary N) is 1. The maximum atomic E-state index is 12.7. The number of rotatable bonds is 1. The molecule has 2 aliphatic rings. The largest absolute Gasteiger partial charge is 0.336 e. The minimum atomic E-state index is 0.0422. The van der Waals surface area contributed by atoms with Gasteiger partial charge >= 0.3 is 0 Å². The van der Waals surface area contributed by atoms with Crippen molar-refractivity contribution in [1.82, 2.24) is 10.2 Å². The summed E-state index contributed by atoms with van der Waals surface area (Å²) in [5.74, 6) is 1.39. The zero-order valence-electron chi connectivity index (χ0n) is 10.5. The van der Waals surface area contributed by atoms with E-state index in [0.717, 1.165) is 31.8 Å². The van der Waals surface area contributed by atoms with E-state index in [1.807, 2.05) is 11.8 Å². The van der Waals surface area contributed by atoms with Gasteiger partial charge in [-0.15, -0.1) is 23.1 Å². The van der Waals surface area contributed by atoms with Crippen LogP contribution in [0.4, 0.5) is 0 Å². The number of hydrogen-bond donors (Lipinski definition) is 1. The molecule has 0 bridgehead atoms. The van der Waals surface area contributed by atoms with Gasteiger partial charge in [0.1, 0.15) is 5.25 Å². The lowest BCUT2D eigenvalue weighted by Gasteiger charge is -2.37. The fourth-order valence-electron chi connectivity index (χ4n) is 2.67. The van der Waals surface area contributed by atoms with Crippen LogP contribution in [0.5, 0.6) is 0 Å². The minimum absolute atomic E-state index is 0.0422. The molecule has 3 nitrogen and oxygen atoms in total. The van der Waals surface area contributed by atoms with E-state index in [2.05, 4.69) is 28.6 Å². The van der Waals surface area contributed by atoms with Crippen LogP contribution in [0.15, 0.2) is 11.4 Å². The molecular formula is C13H18N2OS2. The first kappa shape index (κ1) is 12.5. The second-order valence-corrected chi connectivity index (χ2v) is 7.10. The van der Waals surface area contributed by atoms with Crippen molar-refractivity contribution in [1.29, 1.82) is 0 Å². The van der Waals surface area contributed by atoms with Crippen molar-refractivity contribution < 1.29 is 4.79 Å². The van der Waals surface area contributed by atoms with Gasteiger partial charge in [-0.05, 0) is 36.1 Å². The van der Waals surface area contributed by atoms with Crippen LogP contribution in [0.1, 0.15) is 22.6 Å². The molecule has 0 aromatic carbocycles. The average molecular weight is 282 g/mol. The third-order valence-corrected chi connectivity index (χ3v) is 5.91. The molecule has 3 heterocycles. The predicted octanol–water partition coefficient (Wildman–Crippen LogP) is 1.90.